The van der Waals surface area contributed by atoms with E-state index in [0.717, 1.165) is 18.0 Å². The van der Waals surface area contributed by atoms with Crippen LogP contribution in [-0.4, -0.2) is 44.5 Å². The molecule has 0 aromatic heterocycles. The number of hydrogen-bond donors (Lipinski definition) is 2. The van der Waals surface area contributed by atoms with Crippen molar-refractivity contribution >= 4 is 5.69 Å². The van der Waals surface area contributed by atoms with Gasteiger partial charge in [0.1, 0.15) is 5.75 Å². The molecular weight excluding hydrogens is 228 g/mol. The highest BCUT2D eigenvalue weighted by Crippen LogP contribution is 2.27. The third kappa shape index (κ3) is 3.62. The van der Waals surface area contributed by atoms with Gasteiger partial charge in [-0.3, -0.25) is 0 Å². The number of anilines is 1. The summed E-state index contributed by atoms with van der Waals surface area (Å²) in [6.45, 7) is 5.69. The average molecular weight is 252 g/mol. The Balaban J connectivity index is 2.83. The molecule has 18 heavy (non-hydrogen) atoms. The molecule has 2 N–H and O–H groups in total. The van der Waals surface area contributed by atoms with Crippen LogP contribution < -0.4 is 15.0 Å². The number of nitrogens with one attached hydrogen (secondary N) is 1. The molecule has 0 aliphatic carbocycles. The van der Waals surface area contributed by atoms with Crippen molar-refractivity contribution in [3.05, 3.63) is 24.3 Å². The summed E-state index contributed by atoms with van der Waals surface area (Å²) in [7, 11) is 3.67. The molecule has 0 aliphatic rings. The standard InChI is InChI=1S/C14H24N2O2/c1-5-15-14(2,11-17)10-16(3)12-8-6-7-9-13(12)18-4/h6-9,15,17H,5,10-11H2,1-4H3. The van der Waals surface area contributed by atoms with Gasteiger partial charge in [-0.15, -0.1) is 0 Å². The largest absolute Gasteiger partial charge is 0.495 e. The highest BCUT2D eigenvalue weighted by molar-refractivity contribution is 5.58. The first-order chi connectivity index (χ1) is 8.56. The predicted molar refractivity (Wildman–Crippen MR) is 75.4 cm³/mol. The maximum atomic E-state index is 9.52. The van der Waals surface area contributed by atoms with E-state index in [2.05, 4.69) is 10.2 Å². The van der Waals surface area contributed by atoms with Crippen molar-refractivity contribution in [3.8, 4) is 5.75 Å². The van der Waals surface area contributed by atoms with E-state index < -0.39 is 0 Å². The summed E-state index contributed by atoms with van der Waals surface area (Å²) in [4.78, 5) is 2.09. The van der Waals surface area contributed by atoms with Crippen molar-refractivity contribution in [1.29, 1.82) is 0 Å². The Bertz CT molecular complexity index is 371. The Morgan fingerprint density at radius 1 is 1.39 bits per heavy atom. The second-order valence-corrected chi connectivity index (χ2v) is 4.78. The van der Waals surface area contributed by atoms with E-state index in [4.69, 9.17) is 4.74 Å². The number of benzene rings is 1. The Morgan fingerprint density at radius 2 is 2.06 bits per heavy atom. The number of rotatable bonds is 7. The van der Waals surface area contributed by atoms with E-state index in [-0.39, 0.29) is 12.1 Å². The van der Waals surface area contributed by atoms with Gasteiger partial charge < -0.3 is 20.1 Å². The fourth-order valence-corrected chi connectivity index (χ4v) is 2.14. The van der Waals surface area contributed by atoms with Crippen LogP contribution in [0.4, 0.5) is 5.69 Å². The monoisotopic (exact) mass is 252 g/mol. The van der Waals surface area contributed by atoms with Crippen molar-refractivity contribution in [2.24, 2.45) is 0 Å². The van der Waals surface area contributed by atoms with E-state index in [1.54, 1.807) is 7.11 Å². The molecule has 0 spiro atoms. The fraction of sp³-hybridized carbons (Fsp3) is 0.571. The first kappa shape index (κ1) is 14.8. The molecule has 0 fully saturated rings. The van der Waals surface area contributed by atoms with E-state index in [9.17, 15) is 5.11 Å². The van der Waals surface area contributed by atoms with Gasteiger partial charge in [-0.2, -0.15) is 0 Å². The molecule has 0 amide bonds. The third-order valence-corrected chi connectivity index (χ3v) is 3.04. The Morgan fingerprint density at radius 3 is 2.61 bits per heavy atom. The smallest absolute Gasteiger partial charge is 0.142 e. The molecule has 0 aliphatic heterocycles. The fourth-order valence-electron chi connectivity index (χ4n) is 2.14. The maximum Gasteiger partial charge on any atom is 0.142 e. The summed E-state index contributed by atoms with van der Waals surface area (Å²) < 4.78 is 5.35. The SMILES string of the molecule is CCNC(C)(CO)CN(C)c1ccccc1OC. The minimum Gasteiger partial charge on any atom is -0.495 e. The number of hydrogen-bond acceptors (Lipinski definition) is 4. The molecule has 1 rings (SSSR count). The number of para-hydroxylation sites is 2. The second kappa shape index (κ2) is 6.61. The summed E-state index contributed by atoms with van der Waals surface area (Å²) in [5.74, 6) is 0.844. The zero-order chi connectivity index (χ0) is 13.6. The van der Waals surface area contributed by atoms with Crippen molar-refractivity contribution in [2.45, 2.75) is 19.4 Å². The zero-order valence-corrected chi connectivity index (χ0v) is 11.7. The number of aliphatic hydroxyl groups excluding tert-OH is 1. The minimum atomic E-state index is -0.315. The lowest BCUT2D eigenvalue weighted by molar-refractivity contribution is 0.181. The van der Waals surface area contributed by atoms with Crippen molar-refractivity contribution in [2.75, 3.05) is 38.8 Å². The maximum absolute atomic E-state index is 9.52. The van der Waals surface area contributed by atoms with Crippen molar-refractivity contribution in [1.82, 2.24) is 5.32 Å². The summed E-state index contributed by atoms with van der Waals surface area (Å²) in [5, 5.41) is 12.8. The highest BCUT2D eigenvalue weighted by atomic mass is 16.5. The Hall–Kier alpha value is -1.26. The van der Waals surface area contributed by atoms with Crippen LogP contribution in [0.25, 0.3) is 0 Å². The lowest BCUT2D eigenvalue weighted by Crippen LogP contribution is -2.53. The summed E-state index contributed by atoms with van der Waals surface area (Å²) in [6.07, 6.45) is 0. The molecule has 1 unspecified atom stereocenters. The summed E-state index contributed by atoms with van der Waals surface area (Å²) >= 11 is 0. The molecule has 0 heterocycles. The van der Waals surface area contributed by atoms with Crippen LogP contribution >= 0.6 is 0 Å². The first-order valence-corrected chi connectivity index (χ1v) is 6.26. The Labute approximate surface area is 110 Å². The van der Waals surface area contributed by atoms with Gasteiger partial charge in [0.2, 0.25) is 0 Å². The van der Waals surface area contributed by atoms with Crippen LogP contribution in [0, 0.1) is 0 Å². The lowest BCUT2D eigenvalue weighted by Gasteiger charge is -2.34. The van der Waals surface area contributed by atoms with E-state index >= 15 is 0 Å². The summed E-state index contributed by atoms with van der Waals surface area (Å²) in [6, 6.07) is 7.89. The highest BCUT2D eigenvalue weighted by Gasteiger charge is 2.24. The molecule has 4 heteroatoms. The number of aliphatic hydroxyl groups is 1. The number of likely N-dealkylation sites (N-methyl/N-ethyl adjacent to an activating group) is 2. The van der Waals surface area contributed by atoms with Crippen LogP contribution in [0.2, 0.25) is 0 Å². The average Bonchev–Trinajstić information content (AvgIpc) is 2.38. The topological polar surface area (TPSA) is 44.7 Å². The molecule has 1 atom stereocenters. The minimum absolute atomic E-state index is 0.0975. The number of methoxy groups -OCH3 is 1. The molecule has 1 aromatic rings. The molecule has 0 saturated heterocycles. The second-order valence-electron chi connectivity index (χ2n) is 4.78. The third-order valence-electron chi connectivity index (χ3n) is 3.04. The van der Waals surface area contributed by atoms with E-state index in [0.29, 0.717) is 6.54 Å². The van der Waals surface area contributed by atoms with Crippen molar-refractivity contribution in [3.63, 3.8) is 0 Å². The predicted octanol–water partition coefficient (Wildman–Crippen LogP) is 1.49. The van der Waals surface area contributed by atoms with Gasteiger partial charge in [-0.05, 0) is 25.6 Å². The van der Waals surface area contributed by atoms with Gasteiger partial charge in [0.15, 0.2) is 0 Å². The molecule has 4 nitrogen and oxygen atoms in total. The van der Waals surface area contributed by atoms with Gasteiger partial charge in [0, 0.05) is 13.6 Å². The van der Waals surface area contributed by atoms with Gasteiger partial charge >= 0.3 is 0 Å². The van der Waals surface area contributed by atoms with Crippen LogP contribution in [-0.2, 0) is 0 Å². The lowest BCUT2D eigenvalue weighted by atomic mass is 10.0. The molecule has 0 saturated carbocycles. The molecule has 102 valence electrons. The molecule has 0 radical (unpaired) electrons. The van der Waals surface area contributed by atoms with Crippen LogP contribution in [0.1, 0.15) is 13.8 Å². The Kier molecular flexibility index (Phi) is 5.44. The van der Waals surface area contributed by atoms with Gasteiger partial charge in [-0.25, -0.2) is 0 Å². The van der Waals surface area contributed by atoms with E-state index in [1.807, 2.05) is 45.2 Å². The van der Waals surface area contributed by atoms with Crippen LogP contribution in [0.5, 0.6) is 5.75 Å². The van der Waals surface area contributed by atoms with Gasteiger partial charge in [-0.1, -0.05) is 19.1 Å². The normalized spacial score (nSPS) is 14.1. The van der Waals surface area contributed by atoms with Gasteiger partial charge in [0.05, 0.1) is 24.9 Å². The van der Waals surface area contributed by atoms with E-state index in [1.165, 1.54) is 0 Å². The summed E-state index contributed by atoms with van der Waals surface area (Å²) in [5.41, 5.74) is 0.710. The van der Waals surface area contributed by atoms with Crippen LogP contribution in [0.15, 0.2) is 24.3 Å². The van der Waals surface area contributed by atoms with Crippen LogP contribution in [0.3, 0.4) is 0 Å². The van der Waals surface area contributed by atoms with Gasteiger partial charge in [0.25, 0.3) is 0 Å². The zero-order valence-electron chi connectivity index (χ0n) is 11.7. The first-order valence-electron chi connectivity index (χ1n) is 6.26. The number of nitrogens with zero attached hydrogens (tertiary/aromatic N) is 1. The molecule has 0 bridgehead atoms. The molecule has 1 aromatic carbocycles. The molecular formula is C14H24N2O2. The number of ether oxygens (including phenoxy) is 1. The quantitative estimate of drug-likeness (QED) is 0.772. The van der Waals surface area contributed by atoms with Crippen molar-refractivity contribution < 1.29 is 9.84 Å².